The number of ether oxygens (including phenoxy) is 1. The van der Waals surface area contributed by atoms with Crippen LogP contribution in [0.15, 0.2) is 18.2 Å². The van der Waals surface area contributed by atoms with E-state index in [1.807, 2.05) is 18.2 Å². The Kier molecular flexibility index (Phi) is 4.95. The third-order valence-electron chi connectivity index (χ3n) is 3.97. The van der Waals surface area contributed by atoms with Crippen LogP contribution in [0.3, 0.4) is 0 Å². The zero-order valence-corrected chi connectivity index (χ0v) is 13.6. The third kappa shape index (κ3) is 3.66. The first-order chi connectivity index (χ1) is 9.41. The Labute approximate surface area is 127 Å². The molecule has 0 radical (unpaired) electrons. The molecule has 1 unspecified atom stereocenters. The van der Waals surface area contributed by atoms with Gasteiger partial charge in [-0.3, -0.25) is 4.90 Å². The molecule has 0 amide bonds. The van der Waals surface area contributed by atoms with Crippen molar-refractivity contribution in [2.45, 2.75) is 33.4 Å². The summed E-state index contributed by atoms with van der Waals surface area (Å²) < 4.78 is 5.46. The maximum Gasteiger partial charge on any atom is 0.123 e. The van der Waals surface area contributed by atoms with Crippen molar-refractivity contribution in [1.82, 2.24) is 10.2 Å². The topological polar surface area (TPSA) is 24.5 Å². The highest BCUT2D eigenvalue weighted by atomic mass is 35.5. The van der Waals surface area contributed by atoms with E-state index in [0.717, 1.165) is 42.5 Å². The quantitative estimate of drug-likeness (QED) is 0.927. The van der Waals surface area contributed by atoms with E-state index in [4.69, 9.17) is 16.3 Å². The van der Waals surface area contributed by atoms with Crippen LogP contribution in [-0.2, 0) is 6.54 Å². The standard InChI is InChI=1S/C16H25ClN2O/c1-16(2,3)15-10-18-7-8-19(15)11-12-9-13(17)5-6-14(12)20-4/h5-6,9,15,18H,7-8,10-11H2,1-4H3. The highest BCUT2D eigenvalue weighted by Crippen LogP contribution is 2.30. The van der Waals surface area contributed by atoms with Crippen LogP contribution in [0.2, 0.25) is 5.02 Å². The molecule has 1 atom stereocenters. The number of halogens is 1. The van der Waals surface area contributed by atoms with E-state index < -0.39 is 0 Å². The number of nitrogens with one attached hydrogen (secondary N) is 1. The summed E-state index contributed by atoms with van der Waals surface area (Å²) in [4.78, 5) is 2.53. The van der Waals surface area contributed by atoms with Crippen LogP contribution < -0.4 is 10.1 Å². The van der Waals surface area contributed by atoms with E-state index in [1.54, 1.807) is 7.11 Å². The average molecular weight is 297 g/mol. The largest absolute Gasteiger partial charge is 0.496 e. The van der Waals surface area contributed by atoms with E-state index >= 15 is 0 Å². The summed E-state index contributed by atoms with van der Waals surface area (Å²) in [5.41, 5.74) is 1.41. The van der Waals surface area contributed by atoms with Crippen LogP contribution in [0, 0.1) is 5.41 Å². The van der Waals surface area contributed by atoms with Gasteiger partial charge in [-0.15, -0.1) is 0 Å². The van der Waals surface area contributed by atoms with Gasteiger partial charge in [-0.2, -0.15) is 0 Å². The van der Waals surface area contributed by atoms with Crippen molar-refractivity contribution in [2.75, 3.05) is 26.7 Å². The fourth-order valence-electron chi connectivity index (χ4n) is 2.88. The molecular formula is C16H25ClN2O. The van der Waals surface area contributed by atoms with Crippen LogP contribution in [0.25, 0.3) is 0 Å². The zero-order chi connectivity index (χ0) is 14.8. The number of rotatable bonds is 3. The first-order valence-corrected chi connectivity index (χ1v) is 7.57. The lowest BCUT2D eigenvalue weighted by Crippen LogP contribution is -2.56. The lowest BCUT2D eigenvalue weighted by Gasteiger charge is -2.43. The molecule has 4 heteroatoms. The molecule has 1 aliphatic heterocycles. The number of hydrogen-bond acceptors (Lipinski definition) is 3. The van der Waals surface area contributed by atoms with Crippen molar-refractivity contribution < 1.29 is 4.74 Å². The second kappa shape index (κ2) is 6.33. The molecule has 1 heterocycles. The first-order valence-electron chi connectivity index (χ1n) is 7.19. The molecule has 112 valence electrons. The number of benzene rings is 1. The zero-order valence-electron chi connectivity index (χ0n) is 12.9. The van der Waals surface area contributed by atoms with Gasteiger partial charge in [0.25, 0.3) is 0 Å². The Balaban J connectivity index is 2.20. The van der Waals surface area contributed by atoms with Crippen LogP contribution in [-0.4, -0.2) is 37.7 Å². The molecule has 1 N–H and O–H groups in total. The highest BCUT2D eigenvalue weighted by molar-refractivity contribution is 6.30. The summed E-state index contributed by atoms with van der Waals surface area (Å²) in [5, 5.41) is 4.27. The molecule has 1 aromatic rings. The van der Waals surface area contributed by atoms with Crippen molar-refractivity contribution in [2.24, 2.45) is 5.41 Å². The summed E-state index contributed by atoms with van der Waals surface area (Å²) in [6.07, 6.45) is 0. The number of hydrogen-bond donors (Lipinski definition) is 1. The number of nitrogens with zero attached hydrogens (tertiary/aromatic N) is 1. The minimum absolute atomic E-state index is 0.249. The fourth-order valence-corrected chi connectivity index (χ4v) is 3.07. The molecule has 1 fully saturated rings. The predicted octanol–water partition coefficient (Wildman–Crippen LogP) is 3.17. The Morgan fingerprint density at radius 1 is 1.40 bits per heavy atom. The molecule has 3 nitrogen and oxygen atoms in total. The lowest BCUT2D eigenvalue weighted by atomic mass is 9.84. The van der Waals surface area contributed by atoms with Crippen LogP contribution in [0.1, 0.15) is 26.3 Å². The highest BCUT2D eigenvalue weighted by Gasteiger charge is 2.32. The minimum atomic E-state index is 0.249. The van der Waals surface area contributed by atoms with Gasteiger partial charge < -0.3 is 10.1 Å². The molecule has 20 heavy (non-hydrogen) atoms. The van der Waals surface area contributed by atoms with Gasteiger partial charge in [-0.25, -0.2) is 0 Å². The smallest absolute Gasteiger partial charge is 0.123 e. The summed E-state index contributed by atoms with van der Waals surface area (Å²) in [7, 11) is 1.71. The molecule has 1 aliphatic rings. The van der Waals surface area contributed by atoms with Crippen molar-refractivity contribution in [3.63, 3.8) is 0 Å². The van der Waals surface area contributed by atoms with Gasteiger partial charge in [0.1, 0.15) is 5.75 Å². The monoisotopic (exact) mass is 296 g/mol. The fraction of sp³-hybridized carbons (Fsp3) is 0.625. The normalized spacial score (nSPS) is 20.9. The Hall–Kier alpha value is -0.770. The second-order valence-electron chi connectivity index (χ2n) is 6.51. The van der Waals surface area contributed by atoms with Crippen LogP contribution in [0.4, 0.5) is 0 Å². The van der Waals surface area contributed by atoms with Gasteiger partial charge in [0.2, 0.25) is 0 Å². The van der Waals surface area contributed by atoms with Crippen LogP contribution >= 0.6 is 11.6 Å². The molecule has 0 saturated carbocycles. The van der Waals surface area contributed by atoms with Gasteiger partial charge in [0.05, 0.1) is 7.11 Å². The van der Waals surface area contributed by atoms with Gasteiger partial charge in [-0.1, -0.05) is 32.4 Å². The van der Waals surface area contributed by atoms with Crippen molar-refractivity contribution in [3.05, 3.63) is 28.8 Å². The van der Waals surface area contributed by atoms with Crippen LogP contribution in [0.5, 0.6) is 5.75 Å². The molecular weight excluding hydrogens is 272 g/mol. The Morgan fingerprint density at radius 3 is 2.80 bits per heavy atom. The summed E-state index contributed by atoms with van der Waals surface area (Å²) in [6, 6.07) is 6.36. The molecule has 0 bridgehead atoms. The number of piperazine rings is 1. The first kappa shape index (κ1) is 15.6. The maximum atomic E-state index is 6.13. The van der Waals surface area contributed by atoms with Crippen molar-refractivity contribution in [3.8, 4) is 5.75 Å². The van der Waals surface area contributed by atoms with E-state index in [2.05, 4.69) is 31.0 Å². The Bertz CT molecular complexity index is 456. The summed E-state index contributed by atoms with van der Waals surface area (Å²) in [6.45, 7) is 10.9. The van der Waals surface area contributed by atoms with Gasteiger partial charge in [-0.05, 0) is 23.6 Å². The van der Waals surface area contributed by atoms with Gasteiger partial charge in [0.15, 0.2) is 0 Å². The van der Waals surface area contributed by atoms with Crippen molar-refractivity contribution in [1.29, 1.82) is 0 Å². The maximum absolute atomic E-state index is 6.13. The molecule has 0 aliphatic carbocycles. The predicted molar refractivity (Wildman–Crippen MR) is 84.5 cm³/mol. The molecule has 0 spiro atoms. The Morgan fingerprint density at radius 2 is 2.15 bits per heavy atom. The second-order valence-corrected chi connectivity index (χ2v) is 6.95. The van der Waals surface area contributed by atoms with Gasteiger partial charge in [0, 0.05) is 42.8 Å². The van der Waals surface area contributed by atoms with E-state index in [0.29, 0.717) is 6.04 Å². The number of methoxy groups -OCH3 is 1. The summed E-state index contributed by atoms with van der Waals surface area (Å²) >= 11 is 6.13. The lowest BCUT2D eigenvalue weighted by molar-refractivity contribution is 0.0682. The molecule has 1 saturated heterocycles. The molecule has 2 rings (SSSR count). The average Bonchev–Trinajstić information content (AvgIpc) is 2.38. The third-order valence-corrected chi connectivity index (χ3v) is 4.20. The minimum Gasteiger partial charge on any atom is -0.496 e. The van der Waals surface area contributed by atoms with E-state index in [-0.39, 0.29) is 5.41 Å². The van der Waals surface area contributed by atoms with Gasteiger partial charge >= 0.3 is 0 Å². The molecule has 1 aromatic carbocycles. The summed E-state index contributed by atoms with van der Waals surface area (Å²) in [5.74, 6) is 0.917. The van der Waals surface area contributed by atoms with E-state index in [1.165, 1.54) is 0 Å². The van der Waals surface area contributed by atoms with Crippen molar-refractivity contribution >= 4 is 11.6 Å². The van der Waals surface area contributed by atoms with E-state index in [9.17, 15) is 0 Å². The SMILES string of the molecule is COc1ccc(Cl)cc1CN1CCNCC1C(C)(C)C. The molecule has 0 aromatic heterocycles.